The molecule has 0 aliphatic rings. The molecular weight excluding hydrogens is 332 g/mol. The lowest BCUT2D eigenvalue weighted by atomic mass is 10.1. The van der Waals surface area contributed by atoms with E-state index in [-0.39, 0.29) is 5.95 Å². The number of benzene rings is 1. The minimum Gasteiger partial charge on any atom is -0.461 e. The number of aromatic nitrogens is 5. The van der Waals surface area contributed by atoms with E-state index in [9.17, 15) is 0 Å². The number of nitrogens with one attached hydrogen (secondary N) is 1. The van der Waals surface area contributed by atoms with Crippen molar-refractivity contribution in [1.29, 1.82) is 5.26 Å². The zero-order chi connectivity index (χ0) is 17.9. The minimum absolute atomic E-state index is 0.182. The average Bonchev–Trinajstić information content (AvgIpc) is 3.32. The number of nitriles is 1. The molecule has 0 atom stereocenters. The van der Waals surface area contributed by atoms with Crippen LogP contribution in [0.4, 0.5) is 11.9 Å². The fourth-order valence-electron chi connectivity index (χ4n) is 2.46. The third-order valence-corrected chi connectivity index (χ3v) is 3.75. The van der Waals surface area contributed by atoms with Gasteiger partial charge < -0.3 is 15.5 Å². The number of nitrogens with zero attached hydrogens (tertiary/aromatic N) is 6. The van der Waals surface area contributed by atoms with E-state index in [1.54, 1.807) is 30.5 Å². The predicted octanol–water partition coefficient (Wildman–Crippen LogP) is 1.89. The topological polar surface area (TPSA) is 131 Å². The first-order chi connectivity index (χ1) is 12.7. The Balaban J connectivity index is 1.49. The molecule has 26 heavy (non-hydrogen) atoms. The van der Waals surface area contributed by atoms with E-state index in [1.165, 1.54) is 4.52 Å². The number of nitrogens with two attached hydrogens (primary N) is 1. The highest BCUT2D eigenvalue weighted by Crippen LogP contribution is 2.17. The van der Waals surface area contributed by atoms with E-state index in [1.807, 2.05) is 12.1 Å². The predicted molar refractivity (Wildman–Crippen MR) is 94.0 cm³/mol. The molecule has 0 unspecified atom stereocenters. The first-order valence-corrected chi connectivity index (χ1v) is 7.90. The van der Waals surface area contributed by atoms with Gasteiger partial charge >= 0.3 is 0 Å². The molecule has 3 aromatic heterocycles. The van der Waals surface area contributed by atoms with Crippen molar-refractivity contribution in [3.63, 3.8) is 0 Å². The molecule has 3 N–H and O–H groups in total. The smallest absolute Gasteiger partial charge is 0.259 e. The minimum atomic E-state index is 0.182. The summed E-state index contributed by atoms with van der Waals surface area (Å²) >= 11 is 0. The number of nitrogen functional groups attached to an aromatic ring is 1. The summed E-state index contributed by atoms with van der Waals surface area (Å²) in [7, 11) is 0. The third kappa shape index (κ3) is 3.03. The van der Waals surface area contributed by atoms with Crippen molar-refractivity contribution in [2.24, 2.45) is 0 Å². The summed E-state index contributed by atoms with van der Waals surface area (Å²) in [6, 6.07) is 13.0. The van der Waals surface area contributed by atoms with Crippen LogP contribution in [0.2, 0.25) is 0 Å². The van der Waals surface area contributed by atoms with Gasteiger partial charge in [0.1, 0.15) is 0 Å². The average molecular weight is 346 g/mol. The van der Waals surface area contributed by atoms with Gasteiger partial charge in [0, 0.05) is 6.54 Å². The van der Waals surface area contributed by atoms with Gasteiger partial charge in [-0.25, -0.2) is 0 Å². The van der Waals surface area contributed by atoms with Gasteiger partial charge in [-0.15, -0.1) is 5.10 Å². The third-order valence-electron chi connectivity index (χ3n) is 3.75. The molecule has 0 spiro atoms. The first-order valence-electron chi connectivity index (χ1n) is 7.90. The molecule has 0 aliphatic heterocycles. The number of fused-ring (bicyclic) bond motifs is 1. The summed E-state index contributed by atoms with van der Waals surface area (Å²) in [5.41, 5.74) is 7.69. The quantitative estimate of drug-likeness (QED) is 0.560. The van der Waals surface area contributed by atoms with Crippen molar-refractivity contribution < 1.29 is 4.42 Å². The van der Waals surface area contributed by atoms with Crippen LogP contribution in [0.25, 0.3) is 17.4 Å². The van der Waals surface area contributed by atoms with Crippen LogP contribution >= 0.6 is 0 Å². The maximum atomic E-state index is 8.82. The zero-order valence-electron chi connectivity index (χ0n) is 13.6. The van der Waals surface area contributed by atoms with Crippen LogP contribution in [0.5, 0.6) is 0 Å². The van der Waals surface area contributed by atoms with Crippen molar-refractivity contribution in [2.75, 3.05) is 17.6 Å². The van der Waals surface area contributed by atoms with Crippen molar-refractivity contribution in [3.8, 4) is 17.7 Å². The maximum Gasteiger partial charge on any atom is 0.259 e. The van der Waals surface area contributed by atoms with Crippen LogP contribution in [0, 0.1) is 11.3 Å². The highest BCUT2D eigenvalue weighted by molar-refractivity contribution is 5.52. The van der Waals surface area contributed by atoms with E-state index < -0.39 is 0 Å². The Hall–Kier alpha value is -3.93. The number of anilines is 2. The van der Waals surface area contributed by atoms with Gasteiger partial charge in [0.2, 0.25) is 17.7 Å². The molecule has 3 heterocycles. The van der Waals surface area contributed by atoms with E-state index in [2.05, 4.69) is 31.4 Å². The Kier molecular flexibility index (Phi) is 3.91. The van der Waals surface area contributed by atoms with Gasteiger partial charge in [-0.1, -0.05) is 12.1 Å². The van der Waals surface area contributed by atoms with Gasteiger partial charge in [-0.2, -0.15) is 24.7 Å². The standard InChI is InChI=1S/C17H14N8O/c18-10-12-5-3-11(4-6-12)7-8-20-16-22-15(19)25-17(23-16)21-14(24-25)13-2-1-9-26-13/h1-6,9H,7-8H2,(H3,19,20,21,22,23,24). The second-order valence-electron chi connectivity index (χ2n) is 5.52. The fourth-order valence-corrected chi connectivity index (χ4v) is 2.46. The fraction of sp³-hybridized carbons (Fsp3) is 0.118. The molecule has 9 nitrogen and oxygen atoms in total. The Morgan fingerprint density at radius 2 is 2.00 bits per heavy atom. The molecule has 0 amide bonds. The largest absolute Gasteiger partial charge is 0.461 e. The lowest BCUT2D eigenvalue weighted by Gasteiger charge is -2.06. The maximum absolute atomic E-state index is 8.82. The molecule has 1 aromatic carbocycles. The monoisotopic (exact) mass is 346 g/mol. The van der Waals surface area contributed by atoms with Gasteiger partial charge in [0.15, 0.2) is 5.76 Å². The highest BCUT2D eigenvalue weighted by Gasteiger charge is 2.13. The van der Waals surface area contributed by atoms with E-state index in [4.69, 9.17) is 15.4 Å². The zero-order valence-corrected chi connectivity index (χ0v) is 13.6. The second kappa shape index (κ2) is 6.52. The van der Waals surface area contributed by atoms with E-state index in [0.29, 0.717) is 35.4 Å². The number of hydrogen-bond acceptors (Lipinski definition) is 8. The summed E-state index contributed by atoms with van der Waals surface area (Å²) in [4.78, 5) is 12.8. The summed E-state index contributed by atoms with van der Waals surface area (Å²) in [6.45, 7) is 0.612. The Morgan fingerprint density at radius 1 is 1.15 bits per heavy atom. The molecular formula is C17H14N8O. The van der Waals surface area contributed by atoms with Crippen LogP contribution < -0.4 is 11.1 Å². The molecule has 0 aliphatic carbocycles. The summed E-state index contributed by atoms with van der Waals surface area (Å²) < 4.78 is 6.65. The molecule has 0 radical (unpaired) electrons. The van der Waals surface area contributed by atoms with Crippen molar-refractivity contribution >= 4 is 17.7 Å². The Labute approximate surface area is 148 Å². The summed E-state index contributed by atoms with van der Waals surface area (Å²) in [5, 5.41) is 16.2. The van der Waals surface area contributed by atoms with Crippen LogP contribution in [0.1, 0.15) is 11.1 Å². The second-order valence-corrected chi connectivity index (χ2v) is 5.52. The van der Waals surface area contributed by atoms with Crippen LogP contribution in [-0.4, -0.2) is 31.1 Å². The molecule has 9 heteroatoms. The molecule has 4 aromatic rings. The van der Waals surface area contributed by atoms with Gasteiger partial charge in [-0.3, -0.25) is 0 Å². The molecule has 0 bridgehead atoms. The van der Waals surface area contributed by atoms with Crippen molar-refractivity contribution in [2.45, 2.75) is 6.42 Å². The van der Waals surface area contributed by atoms with Crippen molar-refractivity contribution in [3.05, 3.63) is 53.8 Å². The van der Waals surface area contributed by atoms with Crippen LogP contribution in [-0.2, 0) is 6.42 Å². The van der Waals surface area contributed by atoms with Gasteiger partial charge in [0.25, 0.3) is 5.78 Å². The van der Waals surface area contributed by atoms with Gasteiger partial charge in [0.05, 0.1) is 17.9 Å². The van der Waals surface area contributed by atoms with E-state index >= 15 is 0 Å². The van der Waals surface area contributed by atoms with Gasteiger partial charge in [-0.05, 0) is 36.2 Å². The summed E-state index contributed by atoms with van der Waals surface area (Å²) in [5.74, 6) is 1.82. The molecule has 0 saturated carbocycles. The Bertz CT molecular complexity index is 1080. The number of rotatable bonds is 5. The number of furan rings is 1. The SMILES string of the molecule is N#Cc1ccc(CCNc2nc(N)n3nc(-c4ccco4)nc3n2)cc1. The highest BCUT2D eigenvalue weighted by atomic mass is 16.3. The molecule has 0 saturated heterocycles. The lowest BCUT2D eigenvalue weighted by Crippen LogP contribution is -2.12. The molecule has 0 fully saturated rings. The van der Waals surface area contributed by atoms with E-state index in [0.717, 1.165) is 12.0 Å². The first kappa shape index (κ1) is 15.6. The molecule has 4 rings (SSSR count). The lowest BCUT2D eigenvalue weighted by molar-refractivity contribution is 0.577. The normalized spacial score (nSPS) is 10.7. The Morgan fingerprint density at radius 3 is 2.73 bits per heavy atom. The number of hydrogen-bond donors (Lipinski definition) is 2. The van der Waals surface area contributed by atoms with Crippen LogP contribution in [0.3, 0.4) is 0 Å². The summed E-state index contributed by atoms with van der Waals surface area (Å²) in [6.07, 6.45) is 2.30. The van der Waals surface area contributed by atoms with Crippen LogP contribution in [0.15, 0.2) is 47.1 Å². The molecule has 128 valence electrons. The van der Waals surface area contributed by atoms with Crippen molar-refractivity contribution in [1.82, 2.24) is 24.6 Å².